The Bertz CT molecular complexity index is 622. The van der Waals surface area contributed by atoms with Crippen LogP contribution in [0.15, 0.2) is 6.07 Å². The Kier molecular flexibility index (Phi) is 4.29. The minimum Gasteiger partial charge on any atom is -0.369 e. The summed E-state index contributed by atoms with van der Waals surface area (Å²) in [4.78, 5) is 11.5. The van der Waals surface area contributed by atoms with Gasteiger partial charge in [-0.25, -0.2) is 4.98 Å². The van der Waals surface area contributed by atoms with E-state index in [9.17, 15) is 0 Å². The van der Waals surface area contributed by atoms with Gasteiger partial charge in [0, 0.05) is 18.5 Å². The maximum absolute atomic E-state index is 4.61. The molecule has 21 heavy (non-hydrogen) atoms. The van der Waals surface area contributed by atoms with Crippen LogP contribution in [0.5, 0.6) is 0 Å². The van der Waals surface area contributed by atoms with E-state index in [1.54, 1.807) is 11.3 Å². The van der Waals surface area contributed by atoms with Crippen molar-refractivity contribution in [2.75, 3.05) is 24.2 Å². The zero-order valence-corrected chi connectivity index (χ0v) is 13.9. The van der Waals surface area contributed by atoms with E-state index < -0.39 is 0 Å². The van der Waals surface area contributed by atoms with Crippen molar-refractivity contribution in [3.05, 3.63) is 10.9 Å². The normalized spacial score (nSPS) is 22.4. The Morgan fingerprint density at radius 2 is 2.19 bits per heavy atom. The molecule has 1 saturated carbocycles. The quantitative estimate of drug-likeness (QED) is 0.885. The third kappa shape index (κ3) is 3.28. The van der Waals surface area contributed by atoms with E-state index in [-0.39, 0.29) is 0 Å². The van der Waals surface area contributed by atoms with Crippen molar-refractivity contribution in [2.45, 2.75) is 39.5 Å². The van der Waals surface area contributed by atoms with Crippen LogP contribution in [0, 0.1) is 18.8 Å². The predicted molar refractivity (Wildman–Crippen MR) is 91.3 cm³/mol. The van der Waals surface area contributed by atoms with Gasteiger partial charge in [-0.15, -0.1) is 11.3 Å². The first-order valence-corrected chi connectivity index (χ1v) is 8.67. The molecule has 0 bridgehead atoms. The van der Waals surface area contributed by atoms with Gasteiger partial charge < -0.3 is 10.6 Å². The van der Waals surface area contributed by atoms with Gasteiger partial charge in [-0.1, -0.05) is 19.8 Å². The van der Waals surface area contributed by atoms with Crippen LogP contribution in [0.1, 0.15) is 37.5 Å². The molecular formula is C16H24N4S. The molecule has 3 rings (SSSR count). The van der Waals surface area contributed by atoms with E-state index in [1.165, 1.54) is 30.6 Å². The molecule has 0 aliphatic heterocycles. The number of hydrogen-bond donors (Lipinski definition) is 2. The summed E-state index contributed by atoms with van der Waals surface area (Å²) < 4.78 is 0. The van der Waals surface area contributed by atoms with Crippen LogP contribution in [-0.2, 0) is 0 Å². The minimum atomic E-state index is 0.698. The molecule has 0 aromatic carbocycles. The number of rotatable bonds is 4. The summed E-state index contributed by atoms with van der Waals surface area (Å²) in [6, 6.07) is 2.19. The highest BCUT2D eigenvalue weighted by atomic mass is 32.1. The maximum atomic E-state index is 4.61. The molecule has 1 aliphatic rings. The lowest BCUT2D eigenvalue weighted by atomic mass is 9.82. The van der Waals surface area contributed by atoms with Crippen molar-refractivity contribution in [1.29, 1.82) is 0 Å². The van der Waals surface area contributed by atoms with E-state index in [4.69, 9.17) is 0 Å². The third-order valence-electron chi connectivity index (χ3n) is 4.34. The largest absolute Gasteiger partial charge is 0.369 e. The van der Waals surface area contributed by atoms with Crippen molar-refractivity contribution in [1.82, 2.24) is 9.97 Å². The van der Waals surface area contributed by atoms with E-state index in [0.717, 1.165) is 34.4 Å². The summed E-state index contributed by atoms with van der Waals surface area (Å²) in [6.45, 7) is 5.52. The molecule has 0 amide bonds. The predicted octanol–water partition coefficient (Wildman–Crippen LogP) is 4.28. The van der Waals surface area contributed by atoms with E-state index in [1.807, 2.05) is 7.05 Å². The molecule has 5 heteroatoms. The van der Waals surface area contributed by atoms with E-state index in [0.29, 0.717) is 5.95 Å². The molecule has 2 heterocycles. The van der Waals surface area contributed by atoms with Gasteiger partial charge >= 0.3 is 0 Å². The van der Waals surface area contributed by atoms with Gasteiger partial charge in [-0.05, 0) is 37.7 Å². The summed E-state index contributed by atoms with van der Waals surface area (Å²) in [5, 5.41) is 7.79. The van der Waals surface area contributed by atoms with Crippen molar-refractivity contribution >= 4 is 33.3 Å². The zero-order chi connectivity index (χ0) is 14.8. The smallest absolute Gasteiger partial charge is 0.225 e. The Morgan fingerprint density at radius 3 is 2.95 bits per heavy atom. The summed E-state index contributed by atoms with van der Waals surface area (Å²) in [5.74, 6) is 3.32. The van der Waals surface area contributed by atoms with Gasteiger partial charge in [0.15, 0.2) is 0 Å². The molecule has 2 N–H and O–H groups in total. The number of fused-ring (bicyclic) bond motifs is 1. The first-order chi connectivity index (χ1) is 10.2. The van der Waals surface area contributed by atoms with Crippen molar-refractivity contribution in [2.24, 2.45) is 11.8 Å². The van der Waals surface area contributed by atoms with Gasteiger partial charge in [-0.3, -0.25) is 0 Å². The van der Waals surface area contributed by atoms with Crippen molar-refractivity contribution in [3.63, 3.8) is 0 Å². The fraction of sp³-hybridized carbons (Fsp3) is 0.625. The molecule has 0 spiro atoms. The number of aryl methyl sites for hydroxylation is 1. The fourth-order valence-electron chi connectivity index (χ4n) is 3.27. The highest BCUT2D eigenvalue weighted by Crippen LogP contribution is 2.32. The number of thiophene rings is 1. The van der Waals surface area contributed by atoms with Crippen molar-refractivity contribution in [3.8, 4) is 0 Å². The highest BCUT2D eigenvalue weighted by Gasteiger charge is 2.19. The molecule has 2 unspecified atom stereocenters. The average Bonchev–Trinajstić information content (AvgIpc) is 2.85. The van der Waals surface area contributed by atoms with Gasteiger partial charge in [0.05, 0.1) is 5.39 Å². The van der Waals surface area contributed by atoms with Crippen LogP contribution in [0.25, 0.3) is 10.2 Å². The molecule has 2 aromatic heterocycles. The molecule has 1 fully saturated rings. The van der Waals surface area contributed by atoms with Crippen LogP contribution in [0.3, 0.4) is 0 Å². The molecule has 2 atom stereocenters. The van der Waals surface area contributed by atoms with Crippen LogP contribution in [0.2, 0.25) is 0 Å². The Morgan fingerprint density at radius 1 is 1.33 bits per heavy atom. The lowest BCUT2D eigenvalue weighted by molar-refractivity contribution is 0.293. The summed E-state index contributed by atoms with van der Waals surface area (Å²) in [5.41, 5.74) is 0. The molecular weight excluding hydrogens is 280 g/mol. The minimum absolute atomic E-state index is 0.698. The number of anilines is 2. The number of hydrogen-bond acceptors (Lipinski definition) is 5. The van der Waals surface area contributed by atoms with Gasteiger partial charge in [-0.2, -0.15) is 4.98 Å². The molecule has 0 radical (unpaired) electrons. The first kappa shape index (κ1) is 14.6. The highest BCUT2D eigenvalue weighted by molar-refractivity contribution is 7.18. The first-order valence-electron chi connectivity index (χ1n) is 7.85. The van der Waals surface area contributed by atoms with Gasteiger partial charge in [0.25, 0.3) is 0 Å². The van der Waals surface area contributed by atoms with E-state index >= 15 is 0 Å². The summed E-state index contributed by atoms with van der Waals surface area (Å²) in [6.07, 6.45) is 5.43. The molecule has 4 nitrogen and oxygen atoms in total. The lowest BCUT2D eigenvalue weighted by Crippen LogP contribution is -2.21. The monoisotopic (exact) mass is 304 g/mol. The lowest BCUT2D eigenvalue weighted by Gasteiger charge is -2.27. The second-order valence-electron chi connectivity index (χ2n) is 6.24. The Labute approximate surface area is 130 Å². The number of nitrogens with one attached hydrogen (secondary N) is 2. The molecule has 2 aromatic rings. The Hall–Kier alpha value is -1.36. The van der Waals surface area contributed by atoms with Crippen LogP contribution in [0.4, 0.5) is 11.8 Å². The van der Waals surface area contributed by atoms with Crippen LogP contribution < -0.4 is 10.6 Å². The second kappa shape index (κ2) is 6.18. The number of nitrogens with zero attached hydrogens (tertiary/aromatic N) is 2. The fourth-order valence-corrected chi connectivity index (χ4v) is 4.15. The maximum Gasteiger partial charge on any atom is 0.225 e. The topological polar surface area (TPSA) is 49.8 Å². The molecule has 0 saturated heterocycles. The average molecular weight is 304 g/mol. The third-order valence-corrected chi connectivity index (χ3v) is 5.29. The SMILES string of the molecule is CNc1nc(NCC2CCCC(C)C2)c2cc(C)sc2n1. The number of aromatic nitrogens is 2. The van der Waals surface area contributed by atoms with Gasteiger partial charge in [0.1, 0.15) is 10.6 Å². The second-order valence-corrected chi connectivity index (χ2v) is 7.48. The standard InChI is InChI=1S/C16H24N4S/c1-10-5-4-6-12(7-10)9-18-14-13-8-11(2)21-15(13)20-16(17-3)19-14/h8,10,12H,4-7,9H2,1-3H3,(H2,17,18,19,20). The van der Waals surface area contributed by atoms with Crippen LogP contribution >= 0.6 is 11.3 Å². The Balaban J connectivity index is 1.79. The van der Waals surface area contributed by atoms with E-state index in [2.05, 4.69) is 40.5 Å². The summed E-state index contributed by atoms with van der Waals surface area (Å²) in [7, 11) is 1.87. The molecule has 1 aliphatic carbocycles. The van der Waals surface area contributed by atoms with Gasteiger partial charge in [0.2, 0.25) is 5.95 Å². The zero-order valence-electron chi connectivity index (χ0n) is 13.1. The molecule has 114 valence electrons. The van der Waals surface area contributed by atoms with Crippen LogP contribution in [-0.4, -0.2) is 23.6 Å². The van der Waals surface area contributed by atoms with Crippen molar-refractivity contribution < 1.29 is 0 Å². The summed E-state index contributed by atoms with van der Waals surface area (Å²) >= 11 is 1.73.